The second kappa shape index (κ2) is 6.53. The second-order valence-corrected chi connectivity index (χ2v) is 8.82. The number of nitrogens with one attached hydrogen (secondary N) is 1. The zero-order chi connectivity index (χ0) is 20.0. The first-order chi connectivity index (χ1) is 12.4. The normalized spacial score (nSPS) is 18.7. The number of alkyl carbamates (subject to hydrolysis) is 1. The van der Waals surface area contributed by atoms with Crippen molar-refractivity contribution in [2.45, 2.75) is 71.8 Å². The van der Waals surface area contributed by atoms with Crippen molar-refractivity contribution in [2.75, 3.05) is 0 Å². The van der Waals surface area contributed by atoms with Crippen molar-refractivity contribution < 1.29 is 23.3 Å². The minimum absolute atomic E-state index is 0.219. The smallest absolute Gasteiger partial charge is 0.444 e. The number of fused-ring (bicyclic) bond motifs is 1. The fraction of sp³-hybridized carbons (Fsp3) is 0.579. The molecule has 0 radical (unpaired) electrons. The Kier molecular flexibility index (Phi) is 4.76. The fourth-order valence-corrected chi connectivity index (χ4v) is 2.67. The van der Waals surface area contributed by atoms with Crippen LogP contribution < -0.4 is 10.8 Å². The summed E-state index contributed by atoms with van der Waals surface area (Å²) in [5, 5.41) is 3.50. The van der Waals surface area contributed by atoms with Gasteiger partial charge in [-0.25, -0.2) is 9.78 Å². The van der Waals surface area contributed by atoms with Gasteiger partial charge in [-0.05, 0) is 60.6 Å². The van der Waals surface area contributed by atoms with Gasteiger partial charge in [0.1, 0.15) is 11.4 Å². The first-order valence-corrected chi connectivity index (χ1v) is 9.07. The Morgan fingerprint density at radius 2 is 1.81 bits per heavy atom. The molecule has 0 spiro atoms. The topological polar surface area (TPSA) is 82.8 Å². The number of hydrogen-bond acceptors (Lipinski definition) is 6. The lowest BCUT2D eigenvalue weighted by Gasteiger charge is -2.32. The van der Waals surface area contributed by atoms with Crippen LogP contribution in [0, 0.1) is 0 Å². The summed E-state index contributed by atoms with van der Waals surface area (Å²) in [6.45, 7) is 13.7. The molecule has 146 valence electrons. The second-order valence-electron chi connectivity index (χ2n) is 8.82. The third-order valence-corrected chi connectivity index (χ3v) is 4.78. The summed E-state index contributed by atoms with van der Waals surface area (Å²) in [6, 6.07) is 3.78. The Morgan fingerprint density at radius 1 is 1.19 bits per heavy atom. The number of pyridine rings is 1. The maximum Gasteiger partial charge on any atom is 0.496 e. The van der Waals surface area contributed by atoms with E-state index >= 15 is 0 Å². The highest BCUT2D eigenvalue weighted by Gasteiger charge is 2.51. The van der Waals surface area contributed by atoms with Gasteiger partial charge in [0.25, 0.3) is 0 Å². The molecule has 0 atom stereocenters. The first kappa shape index (κ1) is 19.7. The highest BCUT2D eigenvalue weighted by atomic mass is 16.7. The number of ether oxygens (including phenoxy) is 1. The van der Waals surface area contributed by atoms with E-state index in [0.717, 1.165) is 10.8 Å². The zero-order valence-electron chi connectivity index (χ0n) is 17.0. The number of furan rings is 1. The van der Waals surface area contributed by atoms with E-state index in [-0.39, 0.29) is 6.54 Å². The van der Waals surface area contributed by atoms with Gasteiger partial charge in [-0.1, -0.05) is 0 Å². The molecule has 0 aliphatic carbocycles. The van der Waals surface area contributed by atoms with Crippen LogP contribution in [-0.2, 0) is 20.6 Å². The monoisotopic (exact) mass is 374 g/mol. The molecule has 1 aliphatic rings. The van der Waals surface area contributed by atoms with Gasteiger partial charge in [-0.15, -0.1) is 0 Å². The van der Waals surface area contributed by atoms with Crippen molar-refractivity contribution in [1.29, 1.82) is 0 Å². The van der Waals surface area contributed by atoms with Crippen molar-refractivity contribution in [2.24, 2.45) is 0 Å². The molecule has 0 unspecified atom stereocenters. The Bertz CT molecular complexity index is 837. The summed E-state index contributed by atoms with van der Waals surface area (Å²) in [7, 11) is -0.481. The summed E-state index contributed by atoms with van der Waals surface area (Å²) >= 11 is 0. The number of carbonyl (C=O) groups is 1. The van der Waals surface area contributed by atoms with Gasteiger partial charge in [0, 0.05) is 17.0 Å². The average molecular weight is 374 g/mol. The minimum Gasteiger partial charge on any atom is -0.444 e. The molecule has 1 N–H and O–H groups in total. The van der Waals surface area contributed by atoms with E-state index in [1.54, 1.807) is 6.20 Å². The predicted molar refractivity (Wildman–Crippen MR) is 103 cm³/mol. The molecule has 27 heavy (non-hydrogen) atoms. The van der Waals surface area contributed by atoms with Crippen molar-refractivity contribution in [3.05, 3.63) is 24.1 Å². The number of carbonyl (C=O) groups excluding carboxylic acids is 1. The number of aromatic nitrogens is 1. The zero-order valence-corrected chi connectivity index (χ0v) is 17.0. The SMILES string of the molecule is CC(C)(C)OC(=O)NCc1cc2cc(B3OC(C)(C)C(C)(C)O3)cnc2o1. The van der Waals surface area contributed by atoms with Crippen LogP contribution in [0.5, 0.6) is 0 Å². The summed E-state index contributed by atoms with van der Waals surface area (Å²) in [4.78, 5) is 16.1. The van der Waals surface area contributed by atoms with Crippen LogP contribution in [0.15, 0.2) is 22.7 Å². The maximum atomic E-state index is 11.8. The summed E-state index contributed by atoms with van der Waals surface area (Å²) < 4.78 is 23.0. The van der Waals surface area contributed by atoms with Crippen LogP contribution in [0.1, 0.15) is 54.2 Å². The van der Waals surface area contributed by atoms with E-state index in [1.807, 2.05) is 60.6 Å². The number of hydrogen-bond donors (Lipinski definition) is 1. The van der Waals surface area contributed by atoms with Crippen molar-refractivity contribution >= 4 is 29.8 Å². The third-order valence-electron chi connectivity index (χ3n) is 4.78. The van der Waals surface area contributed by atoms with Gasteiger partial charge in [-0.2, -0.15) is 0 Å². The van der Waals surface area contributed by atoms with E-state index in [9.17, 15) is 4.79 Å². The predicted octanol–water partition coefficient (Wildman–Crippen LogP) is 3.15. The molecule has 0 saturated carbocycles. The van der Waals surface area contributed by atoms with Crippen molar-refractivity contribution in [1.82, 2.24) is 10.3 Å². The molecule has 3 rings (SSSR count). The lowest BCUT2D eigenvalue weighted by atomic mass is 9.80. The number of amides is 1. The van der Waals surface area contributed by atoms with Crippen LogP contribution >= 0.6 is 0 Å². The van der Waals surface area contributed by atoms with Crippen LogP contribution in [0.25, 0.3) is 11.1 Å². The quantitative estimate of drug-likeness (QED) is 0.831. The molecule has 3 heterocycles. The molecule has 2 aromatic rings. The van der Waals surface area contributed by atoms with Gasteiger partial charge >= 0.3 is 13.2 Å². The molecule has 8 heteroatoms. The van der Waals surface area contributed by atoms with Gasteiger partial charge in [0.2, 0.25) is 5.71 Å². The van der Waals surface area contributed by atoms with Gasteiger partial charge in [0.15, 0.2) is 0 Å². The lowest BCUT2D eigenvalue weighted by molar-refractivity contribution is 0.00578. The van der Waals surface area contributed by atoms with Gasteiger partial charge in [0.05, 0.1) is 17.7 Å². The highest BCUT2D eigenvalue weighted by Crippen LogP contribution is 2.36. The molecular weight excluding hydrogens is 347 g/mol. The molecule has 0 bridgehead atoms. The largest absolute Gasteiger partial charge is 0.496 e. The average Bonchev–Trinajstić information content (AvgIpc) is 3.00. The molecule has 7 nitrogen and oxygen atoms in total. The fourth-order valence-electron chi connectivity index (χ4n) is 2.67. The molecule has 1 aliphatic heterocycles. The molecule has 2 aromatic heterocycles. The van der Waals surface area contributed by atoms with E-state index in [0.29, 0.717) is 11.5 Å². The Hall–Kier alpha value is -2.06. The van der Waals surface area contributed by atoms with Crippen molar-refractivity contribution in [3.8, 4) is 0 Å². The molecule has 0 aromatic carbocycles. The standard InChI is InChI=1S/C19H27BN2O5/c1-17(2,3)25-16(23)22-11-14-9-12-8-13(10-21-15(12)24-14)20-26-18(4,5)19(6,7)27-20/h8-10H,11H2,1-7H3,(H,22,23). The Labute approximate surface area is 159 Å². The van der Waals surface area contributed by atoms with Crippen LogP contribution in [0.3, 0.4) is 0 Å². The van der Waals surface area contributed by atoms with Crippen LogP contribution in [0.2, 0.25) is 0 Å². The Balaban J connectivity index is 1.71. The number of rotatable bonds is 3. The van der Waals surface area contributed by atoms with Gasteiger partial charge in [-0.3, -0.25) is 0 Å². The Morgan fingerprint density at radius 3 is 2.41 bits per heavy atom. The molecule has 1 amide bonds. The summed E-state index contributed by atoms with van der Waals surface area (Å²) in [6.07, 6.45) is 1.20. The maximum absolute atomic E-state index is 11.8. The van der Waals surface area contributed by atoms with E-state index < -0.39 is 30.0 Å². The first-order valence-electron chi connectivity index (χ1n) is 9.07. The lowest BCUT2D eigenvalue weighted by Crippen LogP contribution is -2.41. The van der Waals surface area contributed by atoms with Gasteiger partial charge < -0.3 is 23.8 Å². The number of nitrogens with zero attached hydrogens (tertiary/aromatic N) is 1. The summed E-state index contributed by atoms with van der Waals surface area (Å²) in [5.74, 6) is 0.592. The van der Waals surface area contributed by atoms with Crippen LogP contribution in [0.4, 0.5) is 4.79 Å². The van der Waals surface area contributed by atoms with Crippen LogP contribution in [-0.4, -0.2) is 35.0 Å². The van der Waals surface area contributed by atoms with E-state index in [4.69, 9.17) is 18.5 Å². The van der Waals surface area contributed by atoms with Crippen molar-refractivity contribution in [3.63, 3.8) is 0 Å². The molecule has 1 saturated heterocycles. The molecule has 1 fully saturated rings. The van der Waals surface area contributed by atoms with E-state index in [2.05, 4.69) is 10.3 Å². The summed E-state index contributed by atoms with van der Waals surface area (Å²) in [5.41, 5.74) is -0.0428. The third kappa shape index (κ3) is 4.27. The minimum atomic E-state index is -0.544. The highest BCUT2D eigenvalue weighted by molar-refractivity contribution is 6.62. The van der Waals surface area contributed by atoms with E-state index in [1.165, 1.54) is 0 Å². The molecular formula is C19H27BN2O5.